The van der Waals surface area contributed by atoms with Crippen molar-refractivity contribution in [1.82, 2.24) is 14.5 Å². The number of sulfonamides is 1. The Labute approximate surface area is 127 Å². The molecule has 0 radical (unpaired) electrons. The summed E-state index contributed by atoms with van der Waals surface area (Å²) in [4.78, 5) is 14.2. The first-order valence-corrected chi connectivity index (χ1v) is 8.80. The highest BCUT2D eigenvalue weighted by molar-refractivity contribution is 7.88. The van der Waals surface area contributed by atoms with E-state index < -0.39 is 10.0 Å². The van der Waals surface area contributed by atoms with Crippen LogP contribution in [0.4, 0.5) is 0 Å². The van der Waals surface area contributed by atoms with Crippen LogP contribution in [-0.4, -0.2) is 68.6 Å². The van der Waals surface area contributed by atoms with Gasteiger partial charge in [-0.1, -0.05) is 6.42 Å². The number of amides is 1. The monoisotopic (exact) mass is 325 g/mol. The third-order valence-electron chi connectivity index (χ3n) is 3.84. The molecule has 20 heavy (non-hydrogen) atoms. The molecule has 0 aromatic carbocycles. The fourth-order valence-corrected chi connectivity index (χ4v) is 3.60. The molecular formula is C12H24ClN3O3S. The van der Waals surface area contributed by atoms with E-state index >= 15 is 0 Å². The highest BCUT2D eigenvalue weighted by atomic mass is 35.5. The van der Waals surface area contributed by atoms with Gasteiger partial charge >= 0.3 is 0 Å². The third-order valence-corrected chi connectivity index (χ3v) is 5.15. The Balaban J connectivity index is 0.00000200. The molecule has 0 saturated carbocycles. The van der Waals surface area contributed by atoms with Crippen LogP contribution in [0.3, 0.4) is 0 Å². The van der Waals surface area contributed by atoms with Crippen molar-refractivity contribution >= 4 is 28.3 Å². The maximum atomic E-state index is 12.4. The molecule has 0 aromatic heterocycles. The summed E-state index contributed by atoms with van der Waals surface area (Å²) in [6.45, 7) is 2.99. The van der Waals surface area contributed by atoms with Crippen molar-refractivity contribution in [3.05, 3.63) is 0 Å². The van der Waals surface area contributed by atoms with E-state index in [1.807, 2.05) is 4.90 Å². The van der Waals surface area contributed by atoms with E-state index in [9.17, 15) is 13.2 Å². The maximum absolute atomic E-state index is 12.4. The number of carbonyl (C=O) groups is 1. The van der Waals surface area contributed by atoms with Gasteiger partial charge in [0.25, 0.3) is 0 Å². The van der Waals surface area contributed by atoms with Crippen LogP contribution < -0.4 is 5.32 Å². The molecule has 118 valence electrons. The zero-order valence-corrected chi connectivity index (χ0v) is 13.5. The number of hydrogen-bond acceptors (Lipinski definition) is 4. The Morgan fingerprint density at radius 3 is 2.45 bits per heavy atom. The summed E-state index contributed by atoms with van der Waals surface area (Å²) >= 11 is 0. The van der Waals surface area contributed by atoms with Gasteiger partial charge < -0.3 is 10.2 Å². The summed E-state index contributed by atoms with van der Waals surface area (Å²) in [5.74, 6) is 0.134. The summed E-state index contributed by atoms with van der Waals surface area (Å²) in [7, 11) is -3.14. The molecule has 2 rings (SSSR count). The molecule has 2 fully saturated rings. The van der Waals surface area contributed by atoms with E-state index in [0.717, 1.165) is 25.8 Å². The number of nitrogens with zero attached hydrogens (tertiary/aromatic N) is 2. The topological polar surface area (TPSA) is 69.7 Å². The van der Waals surface area contributed by atoms with Crippen molar-refractivity contribution in [1.29, 1.82) is 0 Å². The van der Waals surface area contributed by atoms with Crippen molar-refractivity contribution in [2.75, 3.05) is 39.0 Å². The summed E-state index contributed by atoms with van der Waals surface area (Å²) in [5.41, 5.74) is 0. The van der Waals surface area contributed by atoms with Gasteiger partial charge in [-0.2, -0.15) is 0 Å². The molecule has 1 unspecified atom stereocenters. The van der Waals surface area contributed by atoms with Crippen LogP contribution >= 0.6 is 12.4 Å². The van der Waals surface area contributed by atoms with Gasteiger partial charge in [0.05, 0.1) is 12.3 Å². The standard InChI is InChI=1S/C12H23N3O3S.ClH/c1-19(17,18)15-8-4-7-14(9-10-15)12(16)11-5-2-3-6-13-11;/h11,13H,2-10H2,1H3;1H. The molecule has 2 aliphatic rings. The lowest BCUT2D eigenvalue weighted by Gasteiger charge is -2.29. The van der Waals surface area contributed by atoms with Gasteiger partial charge in [-0.3, -0.25) is 4.79 Å². The third kappa shape index (κ3) is 4.58. The first kappa shape index (κ1) is 17.7. The molecule has 6 nitrogen and oxygen atoms in total. The van der Waals surface area contributed by atoms with Gasteiger partial charge in [-0.25, -0.2) is 12.7 Å². The number of carbonyl (C=O) groups excluding carboxylic acids is 1. The average Bonchev–Trinajstić information content (AvgIpc) is 2.64. The average molecular weight is 326 g/mol. The Hall–Kier alpha value is -0.370. The van der Waals surface area contributed by atoms with Gasteiger partial charge in [0.1, 0.15) is 0 Å². The van der Waals surface area contributed by atoms with Crippen LogP contribution in [0.5, 0.6) is 0 Å². The quantitative estimate of drug-likeness (QED) is 0.778. The van der Waals surface area contributed by atoms with Crippen molar-refractivity contribution in [3.63, 3.8) is 0 Å². The second kappa shape index (κ2) is 7.59. The molecule has 1 N–H and O–H groups in total. The fourth-order valence-electron chi connectivity index (χ4n) is 2.73. The molecule has 1 atom stereocenters. The SMILES string of the molecule is CS(=O)(=O)N1CCCN(C(=O)C2CCCCN2)CC1.Cl. The zero-order valence-electron chi connectivity index (χ0n) is 11.9. The molecule has 8 heteroatoms. The van der Waals surface area contributed by atoms with Crippen LogP contribution in [0.1, 0.15) is 25.7 Å². The molecule has 2 aliphatic heterocycles. The lowest BCUT2D eigenvalue weighted by atomic mass is 10.0. The number of hydrogen-bond donors (Lipinski definition) is 1. The van der Waals surface area contributed by atoms with E-state index in [1.54, 1.807) is 0 Å². The molecule has 0 spiro atoms. The van der Waals surface area contributed by atoms with Crippen molar-refractivity contribution < 1.29 is 13.2 Å². The molecule has 2 heterocycles. The zero-order chi connectivity index (χ0) is 13.9. The van der Waals surface area contributed by atoms with E-state index in [2.05, 4.69) is 5.32 Å². The van der Waals surface area contributed by atoms with Gasteiger partial charge in [0.2, 0.25) is 15.9 Å². The van der Waals surface area contributed by atoms with E-state index in [0.29, 0.717) is 32.6 Å². The predicted octanol–water partition coefficient (Wildman–Crippen LogP) is 0.0442. The Kier molecular flexibility index (Phi) is 6.71. The first-order chi connectivity index (χ1) is 8.98. The molecule has 0 bridgehead atoms. The highest BCUT2D eigenvalue weighted by Crippen LogP contribution is 2.13. The minimum Gasteiger partial charge on any atom is -0.340 e. The number of piperidine rings is 1. The molecule has 1 amide bonds. The number of rotatable bonds is 2. The smallest absolute Gasteiger partial charge is 0.239 e. The van der Waals surface area contributed by atoms with Gasteiger partial charge in [-0.15, -0.1) is 12.4 Å². The van der Waals surface area contributed by atoms with E-state index in [4.69, 9.17) is 0 Å². The summed E-state index contributed by atoms with van der Waals surface area (Å²) in [5, 5.41) is 3.25. The second-order valence-corrected chi connectivity index (χ2v) is 7.33. The highest BCUT2D eigenvalue weighted by Gasteiger charge is 2.28. The van der Waals surface area contributed by atoms with Crippen LogP contribution in [0.2, 0.25) is 0 Å². The fraction of sp³-hybridized carbons (Fsp3) is 0.917. The Bertz CT molecular complexity index is 424. The largest absolute Gasteiger partial charge is 0.340 e. The Morgan fingerprint density at radius 1 is 1.10 bits per heavy atom. The molecular weight excluding hydrogens is 302 g/mol. The summed E-state index contributed by atoms with van der Waals surface area (Å²) in [6.07, 6.45) is 5.06. The summed E-state index contributed by atoms with van der Waals surface area (Å²) < 4.78 is 24.5. The molecule has 0 aliphatic carbocycles. The lowest BCUT2D eigenvalue weighted by molar-refractivity contribution is -0.133. The summed E-state index contributed by atoms with van der Waals surface area (Å²) in [6, 6.07) is -0.0708. The van der Waals surface area contributed by atoms with Crippen LogP contribution in [0.25, 0.3) is 0 Å². The number of nitrogens with one attached hydrogen (secondary N) is 1. The van der Waals surface area contributed by atoms with Crippen molar-refractivity contribution in [2.45, 2.75) is 31.7 Å². The first-order valence-electron chi connectivity index (χ1n) is 6.96. The second-order valence-electron chi connectivity index (χ2n) is 5.34. The minimum atomic E-state index is -3.14. The normalized spacial score (nSPS) is 25.6. The lowest BCUT2D eigenvalue weighted by Crippen LogP contribution is -2.49. The van der Waals surface area contributed by atoms with E-state index in [1.165, 1.54) is 10.6 Å². The number of halogens is 1. The van der Waals surface area contributed by atoms with Crippen LogP contribution in [0, 0.1) is 0 Å². The van der Waals surface area contributed by atoms with Gasteiger partial charge in [0, 0.05) is 26.2 Å². The Morgan fingerprint density at radius 2 is 1.85 bits per heavy atom. The molecule has 0 aromatic rings. The van der Waals surface area contributed by atoms with Crippen molar-refractivity contribution in [2.24, 2.45) is 0 Å². The maximum Gasteiger partial charge on any atom is 0.239 e. The molecule has 2 saturated heterocycles. The predicted molar refractivity (Wildman–Crippen MR) is 80.5 cm³/mol. The van der Waals surface area contributed by atoms with Crippen LogP contribution in [0.15, 0.2) is 0 Å². The van der Waals surface area contributed by atoms with Crippen LogP contribution in [-0.2, 0) is 14.8 Å². The minimum absolute atomic E-state index is 0. The van der Waals surface area contributed by atoms with Crippen molar-refractivity contribution in [3.8, 4) is 0 Å². The van der Waals surface area contributed by atoms with Gasteiger partial charge in [0.15, 0.2) is 0 Å². The van der Waals surface area contributed by atoms with Gasteiger partial charge in [-0.05, 0) is 25.8 Å². The van der Waals surface area contributed by atoms with E-state index in [-0.39, 0.29) is 24.4 Å².